The average Bonchev–Trinajstić information content (AvgIpc) is 3.52. The number of carbonyl (C=O) groups is 3. The van der Waals surface area contributed by atoms with Gasteiger partial charge in [-0.25, -0.2) is 0 Å². The standard InChI is InChI=1S/C29H28N2O7/c1-18-5-12-25(26(14-18)35-2)37-17-27(32)30-19-6-8-20(9-7-19)38-21-10-11-23-24(15-21)29(34)31(28(23)33)16-22-4-3-13-36-22/h5-12,14-15,22H,3-4,13,16-17H2,1-2H3,(H,30,32). The number of aryl methyl sites for hydroxylation is 1. The van der Waals surface area contributed by atoms with Crippen molar-refractivity contribution in [3.8, 4) is 23.0 Å². The minimum absolute atomic E-state index is 0.107. The van der Waals surface area contributed by atoms with Gasteiger partial charge in [-0.3, -0.25) is 19.3 Å². The Morgan fingerprint density at radius 1 is 0.974 bits per heavy atom. The van der Waals surface area contributed by atoms with E-state index in [1.807, 2.05) is 19.1 Å². The number of carbonyl (C=O) groups excluding carboxylic acids is 3. The van der Waals surface area contributed by atoms with Crippen molar-refractivity contribution < 1.29 is 33.3 Å². The lowest BCUT2D eigenvalue weighted by Gasteiger charge is -2.17. The predicted octanol–water partition coefficient (Wildman–Crippen LogP) is 4.59. The van der Waals surface area contributed by atoms with Gasteiger partial charge in [0.25, 0.3) is 17.7 Å². The Balaban J connectivity index is 1.17. The molecule has 1 saturated heterocycles. The van der Waals surface area contributed by atoms with Crippen molar-refractivity contribution in [3.63, 3.8) is 0 Å². The van der Waals surface area contributed by atoms with Gasteiger partial charge in [0.05, 0.1) is 30.9 Å². The number of amides is 3. The summed E-state index contributed by atoms with van der Waals surface area (Å²) in [4.78, 5) is 39.2. The molecule has 0 saturated carbocycles. The van der Waals surface area contributed by atoms with Crippen LogP contribution in [0.5, 0.6) is 23.0 Å². The summed E-state index contributed by atoms with van der Waals surface area (Å²) >= 11 is 0. The summed E-state index contributed by atoms with van der Waals surface area (Å²) in [6.07, 6.45) is 1.67. The first-order valence-electron chi connectivity index (χ1n) is 12.4. The van der Waals surface area contributed by atoms with Crippen LogP contribution in [0, 0.1) is 6.92 Å². The molecule has 1 fully saturated rings. The summed E-state index contributed by atoms with van der Waals surface area (Å²) in [5, 5.41) is 2.77. The highest BCUT2D eigenvalue weighted by atomic mass is 16.5. The number of hydrogen-bond acceptors (Lipinski definition) is 7. The van der Waals surface area contributed by atoms with Gasteiger partial charge >= 0.3 is 0 Å². The molecule has 0 spiro atoms. The number of nitrogens with zero attached hydrogens (tertiary/aromatic N) is 1. The maximum absolute atomic E-state index is 12.9. The van der Waals surface area contributed by atoms with Gasteiger partial charge in [-0.05, 0) is 79.9 Å². The van der Waals surface area contributed by atoms with Crippen LogP contribution in [0.3, 0.4) is 0 Å². The summed E-state index contributed by atoms with van der Waals surface area (Å²) in [6.45, 7) is 2.69. The van der Waals surface area contributed by atoms with Crippen LogP contribution in [0.2, 0.25) is 0 Å². The Bertz CT molecular complexity index is 1360. The number of anilines is 1. The van der Waals surface area contributed by atoms with Crippen LogP contribution in [-0.2, 0) is 9.53 Å². The third kappa shape index (κ3) is 5.47. The SMILES string of the molecule is COc1cc(C)ccc1OCC(=O)Nc1ccc(Oc2ccc3c(c2)C(=O)N(CC2CCCO2)C3=O)cc1. The van der Waals surface area contributed by atoms with E-state index in [0.29, 0.717) is 46.4 Å². The van der Waals surface area contributed by atoms with Crippen molar-refractivity contribution in [2.24, 2.45) is 0 Å². The number of fused-ring (bicyclic) bond motifs is 1. The van der Waals surface area contributed by atoms with Crippen molar-refractivity contribution in [2.75, 3.05) is 32.2 Å². The van der Waals surface area contributed by atoms with E-state index < -0.39 is 0 Å². The molecule has 2 aliphatic rings. The molecule has 0 radical (unpaired) electrons. The Morgan fingerprint density at radius 2 is 1.74 bits per heavy atom. The second-order valence-electron chi connectivity index (χ2n) is 9.18. The molecule has 2 heterocycles. The largest absolute Gasteiger partial charge is 0.493 e. The number of benzene rings is 3. The molecule has 196 valence electrons. The Hall–Kier alpha value is -4.37. The minimum Gasteiger partial charge on any atom is -0.493 e. The van der Waals surface area contributed by atoms with Gasteiger partial charge in [0.1, 0.15) is 11.5 Å². The molecule has 0 aliphatic carbocycles. The van der Waals surface area contributed by atoms with Crippen LogP contribution in [0.25, 0.3) is 0 Å². The van der Waals surface area contributed by atoms with Crippen LogP contribution >= 0.6 is 0 Å². The molecule has 2 aliphatic heterocycles. The average molecular weight is 517 g/mol. The van der Waals surface area contributed by atoms with Crippen LogP contribution in [0.4, 0.5) is 5.69 Å². The van der Waals surface area contributed by atoms with Gasteiger partial charge in [-0.15, -0.1) is 0 Å². The molecular weight excluding hydrogens is 488 g/mol. The van der Waals surface area contributed by atoms with E-state index in [2.05, 4.69) is 5.32 Å². The van der Waals surface area contributed by atoms with Gasteiger partial charge in [-0.2, -0.15) is 0 Å². The van der Waals surface area contributed by atoms with Crippen LogP contribution in [0.1, 0.15) is 39.1 Å². The van der Waals surface area contributed by atoms with E-state index >= 15 is 0 Å². The molecule has 38 heavy (non-hydrogen) atoms. The smallest absolute Gasteiger partial charge is 0.262 e. The predicted molar refractivity (Wildman–Crippen MR) is 139 cm³/mol. The Morgan fingerprint density at radius 3 is 2.47 bits per heavy atom. The maximum atomic E-state index is 12.9. The van der Waals surface area contributed by atoms with Crippen LogP contribution < -0.4 is 19.5 Å². The molecule has 5 rings (SSSR count). The quantitative estimate of drug-likeness (QED) is 0.415. The monoisotopic (exact) mass is 516 g/mol. The lowest BCUT2D eigenvalue weighted by Crippen LogP contribution is -2.36. The molecule has 3 amide bonds. The zero-order chi connectivity index (χ0) is 26.6. The second kappa shape index (κ2) is 10.9. The van der Waals surface area contributed by atoms with E-state index in [1.165, 1.54) is 4.90 Å². The highest BCUT2D eigenvalue weighted by Crippen LogP contribution is 2.31. The van der Waals surface area contributed by atoms with Gasteiger partial charge in [0.2, 0.25) is 0 Å². The van der Waals surface area contributed by atoms with Crippen molar-refractivity contribution in [1.29, 1.82) is 0 Å². The van der Waals surface area contributed by atoms with Gasteiger partial charge in [0, 0.05) is 12.3 Å². The molecule has 3 aromatic carbocycles. The number of nitrogens with one attached hydrogen (secondary N) is 1. The summed E-state index contributed by atoms with van der Waals surface area (Å²) in [5.74, 6) is 1.02. The first kappa shape index (κ1) is 25.3. The van der Waals surface area contributed by atoms with Crippen molar-refractivity contribution in [1.82, 2.24) is 4.90 Å². The zero-order valence-corrected chi connectivity index (χ0v) is 21.2. The van der Waals surface area contributed by atoms with E-state index in [1.54, 1.807) is 55.6 Å². The normalized spacial score (nSPS) is 16.4. The van der Waals surface area contributed by atoms with Crippen LogP contribution in [-0.4, -0.2) is 55.6 Å². The first-order chi connectivity index (χ1) is 18.4. The van der Waals surface area contributed by atoms with E-state index in [9.17, 15) is 14.4 Å². The molecule has 1 unspecified atom stereocenters. The Kier molecular flexibility index (Phi) is 7.28. The molecule has 0 bridgehead atoms. The van der Waals surface area contributed by atoms with E-state index in [4.69, 9.17) is 18.9 Å². The summed E-state index contributed by atoms with van der Waals surface area (Å²) in [5.41, 5.74) is 2.28. The van der Waals surface area contributed by atoms with Gasteiger partial charge in [0.15, 0.2) is 18.1 Å². The number of hydrogen-bond donors (Lipinski definition) is 1. The van der Waals surface area contributed by atoms with Crippen LogP contribution in [0.15, 0.2) is 60.7 Å². The third-order valence-corrected chi connectivity index (χ3v) is 6.40. The number of ether oxygens (including phenoxy) is 4. The molecule has 9 heteroatoms. The van der Waals surface area contributed by atoms with Crippen molar-refractivity contribution in [2.45, 2.75) is 25.9 Å². The Labute approximate surface area is 220 Å². The lowest BCUT2D eigenvalue weighted by molar-refractivity contribution is -0.118. The highest BCUT2D eigenvalue weighted by Gasteiger charge is 2.37. The molecule has 3 aromatic rings. The summed E-state index contributed by atoms with van der Waals surface area (Å²) in [6, 6.07) is 17.1. The first-order valence-corrected chi connectivity index (χ1v) is 12.4. The number of methoxy groups -OCH3 is 1. The molecule has 1 N–H and O–H groups in total. The summed E-state index contributed by atoms with van der Waals surface area (Å²) < 4.78 is 22.4. The fourth-order valence-corrected chi connectivity index (χ4v) is 4.47. The molecule has 1 atom stereocenters. The van der Waals surface area contributed by atoms with Crippen molar-refractivity contribution in [3.05, 3.63) is 77.4 Å². The number of rotatable bonds is 9. The van der Waals surface area contributed by atoms with E-state index in [-0.39, 0.29) is 37.0 Å². The fourth-order valence-electron chi connectivity index (χ4n) is 4.47. The number of imide groups is 1. The van der Waals surface area contributed by atoms with Crippen molar-refractivity contribution >= 4 is 23.4 Å². The molecular formula is C29H28N2O7. The molecule has 9 nitrogen and oxygen atoms in total. The lowest BCUT2D eigenvalue weighted by atomic mass is 10.1. The molecule has 0 aromatic heterocycles. The van der Waals surface area contributed by atoms with Gasteiger partial charge in [-0.1, -0.05) is 6.07 Å². The van der Waals surface area contributed by atoms with Gasteiger partial charge < -0.3 is 24.3 Å². The van der Waals surface area contributed by atoms with E-state index in [0.717, 1.165) is 18.4 Å². The minimum atomic E-state index is -0.338. The highest BCUT2D eigenvalue weighted by molar-refractivity contribution is 6.21. The second-order valence-corrected chi connectivity index (χ2v) is 9.18. The maximum Gasteiger partial charge on any atom is 0.262 e. The fraction of sp³-hybridized carbons (Fsp3) is 0.276. The zero-order valence-electron chi connectivity index (χ0n) is 21.2. The topological polar surface area (TPSA) is 103 Å². The third-order valence-electron chi connectivity index (χ3n) is 6.40. The summed E-state index contributed by atoms with van der Waals surface area (Å²) in [7, 11) is 1.55.